The topological polar surface area (TPSA) is 58.1 Å². The molecule has 1 saturated heterocycles. The van der Waals surface area contributed by atoms with Gasteiger partial charge in [0.2, 0.25) is 11.9 Å². The van der Waals surface area contributed by atoms with Crippen LogP contribution in [-0.2, 0) is 4.79 Å². The van der Waals surface area contributed by atoms with Crippen LogP contribution in [0.4, 0.5) is 11.6 Å². The number of thioether (sulfide) groups is 1. The number of amides is 1. The molecule has 0 saturated carbocycles. The monoisotopic (exact) mass is 342 g/mol. The van der Waals surface area contributed by atoms with E-state index in [9.17, 15) is 4.79 Å². The van der Waals surface area contributed by atoms with Gasteiger partial charge in [-0.1, -0.05) is 6.07 Å². The molecule has 0 atom stereocenters. The fraction of sp³-hybridized carbons (Fsp3) is 0.389. The van der Waals surface area contributed by atoms with Gasteiger partial charge in [0, 0.05) is 41.5 Å². The van der Waals surface area contributed by atoms with Gasteiger partial charge in [0.05, 0.1) is 0 Å². The zero-order valence-electron chi connectivity index (χ0n) is 14.0. The van der Waals surface area contributed by atoms with Gasteiger partial charge in [-0.3, -0.25) is 4.79 Å². The first-order valence-corrected chi connectivity index (χ1v) is 9.37. The molecule has 126 valence electrons. The van der Waals surface area contributed by atoms with Gasteiger partial charge in [-0.05, 0) is 50.3 Å². The van der Waals surface area contributed by atoms with E-state index in [1.807, 2.05) is 43.5 Å². The Kier molecular flexibility index (Phi) is 5.35. The summed E-state index contributed by atoms with van der Waals surface area (Å²) in [5, 5.41) is 3.05. The normalized spacial score (nSPS) is 15.3. The molecule has 0 bridgehead atoms. The highest BCUT2D eigenvalue weighted by atomic mass is 32.2. The number of nitrogens with one attached hydrogen (secondary N) is 1. The first kappa shape index (κ1) is 16.8. The van der Waals surface area contributed by atoms with Crippen molar-refractivity contribution in [3.05, 3.63) is 42.2 Å². The van der Waals surface area contributed by atoms with Crippen LogP contribution in [0.1, 0.15) is 18.5 Å². The minimum atomic E-state index is 0.0454. The second kappa shape index (κ2) is 7.66. The number of nitrogens with zero attached hydrogens (tertiary/aromatic N) is 3. The van der Waals surface area contributed by atoms with Gasteiger partial charge in [-0.2, -0.15) is 0 Å². The maximum absolute atomic E-state index is 12.5. The van der Waals surface area contributed by atoms with Crippen molar-refractivity contribution in [1.29, 1.82) is 0 Å². The van der Waals surface area contributed by atoms with Gasteiger partial charge in [0.15, 0.2) is 0 Å². The van der Waals surface area contributed by atoms with Crippen molar-refractivity contribution in [2.75, 3.05) is 29.6 Å². The highest BCUT2D eigenvalue weighted by molar-refractivity contribution is 7.98. The number of aromatic nitrogens is 2. The van der Waals surface area contributed by atoms with E-state index >= 15 is 0 Å². The van der Waals surface area contributed by atoms with E-state index in [1.54, 1.807) is 18.0 Å². The maximum Gasteiger partial charge on any atom is 0.227 e. The lowest BCUT2D eigenvalue weighted by Gasteiger charge is -2.31. The van der Waals surface area contributed by atoms with Crippen LogP contribution in [0.5, 0.6) is 0 Å². The predicted octanol–water partition coefficient (Wildman–Crippen LogP) is 3.36. The Morgan fingerprint density at radius 1 is 1.29 bits per heavy atom. The predicted molar refractivity (Wildman–Crippen MR) is 98.6 cm³/mol. The van der Waals surface area contributed by atoms with E-state index in [1.165, 1.54) is 0 Å². The van der Waals surface area contributed by atoms with Crippen molar-refractivity contribution in [3.8, 4) is 0 Å². The second-order valence-corrected chi connectivity index (χ2v) is 6.86. The Labute approximate surface area is 146 Å². The quantitative estimate of drug-likeness (QED) is 0.864. The van der Waals surface area contributed by atoms with Crippen LogP contribution >= 0.6 is 11.8 Å². The number of carbonyl (C=O) groups excluding carboxylic acids is 1. The van der Waals surface area contributed by atoms with Crippen molar-refractivity contribution < 1.29 is 4.79 Å². The van der Waals surface area contributed by atoms with Crippen molar-refractivity contribution in [1.82, 2.24) is 9.97 Å². The molecule has 2 heterocycles. The summed E-state index contributed by atoms with van der Waals surface area (Å²) in [5.74, 6) is 0.920. The van der Waals surface area contributed by atoms with Gasteiger partial charge in [-0.25, -0.2) is 9.97 Å². The minimum Gasteiger partial charge on any atom is -0.341 e. The van der Waals surface area contributed by atoms with Gasteiger partial charge in [0.25, 0.3) is 0 Å². The van der Waals surface area contributed by atoms with E-state index in [-0.39, 0.29) is 11.8 Å². The average Bonchev–Trinajstić information content (AvgIpc) is 2.62. The second-order valence-electron chi connectivity index (χ2n) is 5.98. The van der Waals surface area contributed by atoms with Crippen LogP contribution < -0.4 is 10.2 Å². The standard InChI is InChI=1S/C18H22N4OS/c1-13-6-9-19-18(20-13)22-10-7-14(8-11-22)17(23)21-15-4-3-5-16(12-15)24-2/h3-6,9,12,14H,7-8,10-11H2,1-2H3,(H,21,23). The molecule has 5 nitrogen and oxygen atoms in total. The van der Waals surface area contributed by atoms with Crippen molar-refractivity contribution in [2.24, 2.45) is 5.92 Å². The molecule has 1 fully saturated rings. The summed E-state index contributed by atoms with van der Waals surface area (Å²) >= 11 is 1.67. The maximum atomic E-state index is 12.5. The van der Waals surface area contributed by atoms with Crippen LogP contribution in [0.25, 0.3) is 0 Å². The third kappa shape index (κ3) is 4.06. The van der Waals surface area contributed by atoms with E-state index in [0.29, 0.717) is 0 Å². The summed E-state index contributed by atoms with van der Waals surface area (Å²) < 4.78 is 0. The first-order valence-electron chi connectivity index (χ1n) is 8.15. The van der Waals surface area contributed by atoms with Crippen molar-refractivity contribution in [3.63, 3.8) is 0 Å². The summed E-state index contributed by atoms with van der Waals surface area (Å²) in [4.78, 5) is 24.6. The molecule has 1 aliphatic heterocycles. The van der Waals surface area contributed by atoms with Gasteiger partial charge in [0.1, 0.15) is 0 Å². The zero-order valence-corrected chi connectivity index (χ0v) is 14.8. The van der Waals surface area contributed by atoms with Gasteiger partial charge < -0.3 is 10.2 Å². The lowest BCUT2D eigenvalue weighted by atomic mass is 9.96. The minimum absolute atomic E-state index is 0.0454. The molecular weight excluding hydrogens is 320 g/mol. The third-order valence-corrected chi connectivity index (χ3v) is 4.99. The Morgan fingerprint density at radius 2 is 2.08 bits per heavy atom. The number of carbonyl (C=O) groups is 1. The lowest BCUT2D eigenvalue weighted by molar-refractivity contribution is -0.120. The van der Waals surface area contributed by atoms with Gasteiger partial charge in [-0.15, -0.1) is 11.8 Å². The Bertz CT molecular complexity index is 714. The Balaban J connectivity index is 1.57. The molecule has 0 radical (unpaired) electrons. The van der Waals surface area contributed by atoms with E-state index in [0.717, 1.165) is 48.2 Å². The summed E-state index contributed by atoms with van der Waals surface area (Å²) in [6, 6.07) is 9.86. The molecule has 2 aromatic rings. The largest absolute Gasteiger partial charge is 0.341 e. The fourth-order valence-electron chi connectivity index (χ4n) is 2.87. The third-order valence-electron chi connectivity index (χ3n) is 4.27. The SMILES string of the molecule is CSc1cccc(NC(=O)C2CCN(c3nccc(C)n3)CC2)c1. The first-order chi connectivity index (χ1) is 11.7. The molecule has 0 unspecified atom stereocenters. The number of hydrogen-bond donors (Lipinski definition) is 1. The highest BCUT2D eigenvalue weighted by Gasteiger charge is 2.26. The molecule has 1 aliphatic rings. The van der Waals surface area contributed by atoms with Crippen LogP contribution in [0.2, 0.25) is 0 Å². The number of rotatable bonds is 4. The molecule has 1 amide bonds. The summed E-state index contributed by atoms with van der Waals surface area (Å²) in [7, 11) is 0. The van der Waals surface area contributed by atoms with Crippen LogP contribution in [0, 0.1) is 12.8 Å². The van der Waals surface area contributed by atoms with E-state index in [4.69, 9.17) is 0 Å². The molecule has 1 N–H and O–H groups in total. The van der Waals surface area contributed by atoms with Crippen molar-refractivity contribution in [2.45, 2.75) is 24.7 Å². The molecule has 0 spiro atoms. The molecule has 6 heteroatoms. The molecular formula is C18H22N4OS. The lowest BCUT2D eigenvalue weighted by Crippen LogP contribution is -2.39. The number of hydrogen-bond acceptors (Lipinski definition) is 5. The zero-order chi connectivity index (χ0) is 16.9. The van der Waals surface area contributed by atoms with Crippen molar-refractivity contribution >= 4 is 29.3 Å². The summed E-state index contributed by atoms with van der Waals surface area (Å²) in [6.07, 6.45) is 5.47. The highest BCUT2D eigenvalue weighted by Crippen LogP contribution is 2.24. The smallest absolute Gasteiger partial charge is 0.227 e. The van der Waals surface area contributed by atoms with E-state index < -0.39 is 0 Å². The molecule has 0 aliphatic carbocycles. The molecule has 24 heavy (non-hydrogen) atoms. The summed E-state index contributed by atoms with van der Waals surface area (Å²) in [6.45, 7) is 3.59. The van der Waals surface area contributed by atoms with Crippen LogP contribution in [-0.4, -0.2) is 35.2 Å². The van der Waals surface area contributed by atoms with Crippen LogP contribution in [0.15, 0.2) is 41.4 Å². The number of piperidine rings is 1. The summed E-state index contributed by atoms with van der Waals surface area (Å²) in [5.41, 5.74) is 1.84. The molecule has 3 rings (SSSR count). The Morgan fingerprint density at radius 3 is 2.79 bits per heavy atom. The number of anilines is 2. The van der Waals surface area contributed by atoms with Crippen LogP contribution in [0.3, 0.4) is 0 Å². The Hall–Kier alpha value is -2.08. The number of aryl methyl sites for hydroxylation is 1. The molecule has 1 aromatic carbocycles. The number of benzene rings is 1. The fourth-order valence-corrected chi connectivity index (χ4v) is 3.33. The molecule has 1 aromatic heterocycles. The van der Waals surface area contributed by atoms with E-state index in [2.05, 4.69) is 20.2 Å². The van der Waals surface area contributed by atoms with Gasteiger partial charge >= 0.3 is 0 Å². The average molecular weight is 342 g/mol.